The van der Waals surface area contributed by atoms with Gasteiger partial charge in [-0.15, -0.1) is 11.3 Å². The lowest BCUT2D eigenvalue weighted by atomic mass is 10.3. The number of thiophene rings is 1. The maximum Gasteiger partial charge on any atom is 0.321 e. The van der Waals surface area contributed by atoms with Gasteiger partial charge in [-0.3, -0.25) is 10.1 Å². The van der Waals surface area contributed by atoms with Crippen molar-refractivity contribution in [2.45, 2.75) is 19.9 Å². The van der Waals surface area contributed by atoms with E-state index in [4.69, 9.17) is 11.6 Å². The summed E-state index contributed by atoms with van der Waals surface area (Å²) in [4.78, 5) is 23.5. The highest BCUT2D eigenvalue weighted by Crippen LogP contribution is 2.26. The van der Waals surface area contributed by atoms with Crippen molar-refractivity contribution in [3.05, 3.63) is 21.3 Å². The van der Waals surface area contributed by atoms with Crippen LogP contribution in [0.2, 0.25) is 4.34 Å². The van der Waals surface area contributed by atoms with Gasteiger partial charge < -0.3 is 10.6 Å². The topological polar surface area (TPSA) is 70.2 Å². The summed E-state index contributed by atoms with van der Waals surface area (Å²) in [5.41, 5.74) is 0. The Morgan fingerprint density at radius 1 is 1.44 bits per heavy atom. The van der Waals surface area contributed by atoms with Crippen LogP contribution in [0.15, 0.2) is 12.1 Å². The summed E-state index contributed by atoms with van der Waals surface area (Å²) in [6.45, 7) is 4.27. The lowest BCUT2D eigenvalue weighted by molar-refractivity contribution is -0.119. The first-order valence-corrected chi connectivity index (χ1v) is 6.78. The van der Waals surface area contributed by atoms with Crippen LogP contribution in [0, 0.1) is 0 Å². The molecule has 5 nitrogen and oxygen atoms in total. The number of hydrogen-bond donors (Lipinski definition) is 3. The molecule has 7 heteroatoms. The molecule has 3 amide bonds. The van der Waals surface area contributed by atoms with Crippen LogP contribution in [0.5, 0.6) is 0 Å². The number of carbonyl (C=O) groups excluding carboxylic acids is 2. The molecular weight excluding hydrogens is 274 g/mol. The minimum Gasteiger partial charge on any atom is -0.338 e. The van der Waals surface area contributed by atoms with Crippen molar-refractivity contribution >= 4 is 34.9 Å². The van der Waals surface area contributed by atoms with Crippen LogP contribution in [0.1, 0.15) is 24.8 Å². The van der Waals surface area contributed by atoms with Gasteiger partial charge in [0.25, 0.3) is 0 Å². The Balaban J connectivity index is 2.32. The smallest absolute Gasteiger partial charge is 0.321 e. The number of nitrogens with one attached hydrogen (secondary N) is 3. The number of amides is 3. The van der Waals surface area contributed by atoms with E-state index in [1.807, 2.05) is 19.1 Å². The van der Waals surface area contributed by atoms with Gasteiger partial charge in [-0.1, -0.05) is 11.6 Å². The average molecular weight is 290 g/mol. The van der Waals surface area contributed by atoms with Crippen LogP contribution in [0.25, 0.3) is 0 Å². The standard InChI is InChI=1S/C11H16ClN3O2S/c1-3-13-11(17)15-10(16)6-14-7(2)8-4-5-9(12)18-8/h4-5,7,14H,3,6H2,1-2H3,(H2,13,15,16,17)/t7-/m1/s1. The van der Waals surface area contributed by atoms with E-state index in [2.05, 4.69) is 16.0 Å². The highest BCUT2D eigenvalue weighted by Gasteiger charge is 2.11. The monoisotopic (exact) mass is 289 g/mol. The van der Waals surface area contributed by atoms with Crippen LogP contribution in [0.4, 0.5) is 4.79 Å². The third-order valence-electron chi connectivity index (χ3n) is 2.18. The van der Waals surface area contributed by atoms with Gasteiger partial charge in [0.05, 0.1) is 10.9 Å². The molecule has 1 atom stereocenters. The fraction of sp³-hybridized carbons (Fsp3) is 0.455. The molecule has 0 saturated carbocycles. The van der Waals surface area contributed by atoms with Crippen LogP contribution >= 0.6 is 22.9 Å². The summed E-state index contributed by atoms with van der Waals surface area (Å²) in [7, 11) is 0. The van der Waals surface area contributed by atoms with Gasteiger partial charge in [0.15, 0.2) is 0 Å². The second-order valence-corrected chi connectivity index (χ2v) is 5.40. The van der Waals surface area contributed by atoms with Gasteiger partial charge >= 0.3 is 6.03 Å². The first-order chi connectivity index (χ1) is 8.52. The fourth-order valence-electron chi connectivity index (χ4n) is 1.28. The predicted molar refractivity (Wildman–Crippen MR) is 73.0 cm³/mol. The molecule has 1 aromatic rings. The molecule has 1 rings (SSSR count). The lowest BCUT2D eigenvalue weighted by Gasteiger charge is -2.11. The largest absolute Gasteiger partial charge is 0.338 e. The number of halogens is 1. The number of rotatable bonds is 5. The zero-order chi connectivity index (χ0) is 13.5. The van der Waals surface area contributed by atoms with Crippen molar-refractivity contribution < 1.29 is 9.59 Å². The molecule has 18 heavy (non-hydrogen) atoms. The normalized spacial score (nSPS) is 11.9. The lowest BCUT2D eigenvalue weighted by Crippen LogP contribution is -2.43. The maximum absolute atomic E-state index is 11.4. The maximum atomic E-state index is 11.4. The molecule has 100 valence electrons. The van der Waals surface area contributed by atoms with Gasteiger partial charge in [-0.05, 0) is 26.0 Å². The number of urea groups is 1. The Kier molecular flexibility index (Phi) is 6.11. The van der Waals surface area contributed by atoms with Crippen LogP contribution < -0.4 is 16.0 Å². The van der Waals surface area contributed by atoms with E-state index in [1.165, 1.54) is 11.3 Å². The third-order valence-corrected chi connectivity index (χ3v) is 3.59. The molecule has 0 aromatic carbocycles. The third kappa shape index (κ3) is 5.03. The van der Waals surface area contributed by atoms with Gasteiger partial charge in [-0.25, -0.2) is 4.79 Å². The zero-order valence-electron chi connectivity index (χ0n) is 10.2. The van der Waals surface area contributed by atoms with E-state index < -0.39 is 6.03 Å². The first-order valence-electron chi connectivity index (χ1n) is 5.59. The van der Waals surface area contributed by atoms with Gasteiger partial charge in [0.2, 0.25) is 5.91 Å². The SMILES string of the molecule is CCNC(=O)NC(=O)CN[C@H](C)c1ccc(Cl)s1. The van der Waals surface area contributed by atoms with Crippen LogP contribution in [-0.4, -0.2) is 25.0 Å². The summed E-state index contributed by atoms with van der Waals surface area (Å²) >= 11 is 7.29. The highest BCUT2D eigenvalue weighted by molar-refractivity contribution is 7.16. The van der Waals surface area contributed by atoms with E-state index in [0.29, 0.717) is 10.9 Å². The molecule has 3 N–H and O–H groups in total. The Labute approximate surface area is 115 Å². The quantitative estimate of drug-likeness (QED) is 0.775. The van der Waals surface area contributed by atoms with Crippen molar-refractivity contribution in [2.75, 3.05) is 13.1 Å². The molecule has 0 radical (unpaired) electrons. The second-order valence-electron chi connectivity index (χ2n) is 3.65. The van der Waals surface area contributed by atoms with Gasteiger partial charge in [-0.2, -0.15) is 0 Å². The minimum absolute atomic E-state index is 0.0162. The van der Waals surface area contributed by atoms with Crippen LogP contribution in [-0.2, 0) is 4.79 Å². The Morgan fingerprint density at radius 2 is 2.17 bits per heavy atom. The summed E-state index contributed by atoms with van der Waals surface area (Å²) in [5.74, 6) is -0.365. The van der Waals surface area contributed by atoms with Gasteiger partial charge in [0.1, 0.15) is 0 Å². The number of carbonyl (C=O) groups is 2. The molecule has 0 aliphatic carbocycles. The fourth-order valence-corrected chi connectivity index (χ4v) is 2.37. The molecule has 0 spiro atoms. The molecule has 0 unspecified atom stereocenters. The minimum atomic E-state index is -0.476. The summed E-state index contributed by atoms with van der Waals surface area (Å²) in [6.07, 6.45) is 0. The van der Waals surface area contributed by atoms with Crippen molar-refractivity contribution in [3.8, 4) is 0 Å². The zero-order valence-corrected chi connectivity index (χ0v) is 11.8. The van der Waals surface area contributed by atoms with Crippen molar-refractivity contribution in [1.29, 1.82) is 0 Å². The Bertz CT molecular complexity index is 422. The van der Waals surface area contributed by atoms with Crippen molar-refractivity contribution in [1.82, 2.24) is 16.0 Å². The molecule has 0 saturated heterocycles. The molecule has 0 aliphatic rings. The molecule has 1 aromatic heterocycles. The van der Waals surface area contributed by atoms with Crippen molar-refractivity contribution in [3.63, 3.8) is 0 Å². The number of hydrogen-bond acceptors (Lipinski definition) is 4. The Hall–Kier alpha value is -1.11. The highest BCUT2D eigenvalue weighted by atomic mass is 35.5. The molecule has 0 bridgehead atoms. The van der Waals surface area contributed by atoms with E-state index in [1.54, 1.807) is 6.92 Å². The first kappa shape index (κ1) is 14.9. The predicted octanol–water partition coefficient (Wildman–Crippen LogP) is 1.90. The second kappa shape index (κ2) is 7.35. The average Bonchev–Trinajstić information content (AvgIpc) is 2.73. The Morgan fingerprint density at radius 3 is 2.72 bits per heavy atom. The summed E-state index contributed by atoms with van der Waals surface area (Å²) in [5, 5.41) is 7.72. The van der Waals surface area contributed by atoms with E-state index in [-0.39, 0.29) is 18.5 Å². The van der Waals surface area contributed by atoms with E-state index in [0.717, 1.165) is 4.88 Å². The van der Waals surface area contributed by atoms with Gasteiger partial charge in [0, 0.05) is 17.5 Å². The van der Waals surface area contributed by atoms with E-state index in [9.17, 15) is 9.59 Å². The molecule has 1 heterocycles. The van der Waals surface area contributed by atoms with Crippen molar-refractivity contribution in [2.24, 2.45) is 0 Å². The number of imide groups is 1. The molecule has 0 fully saturated rings. The summed E-state index contributed by atoms with van der Waals surface area (Å²) in [6, 6.07) is 3.26. The van der Waals surface area contributed by atoms with E-state index >= 15 is 0 Å². The summed E-state index contributed by atoms with van der Waals surface area (Å²) < 4.78 is 0.713. The molecular formula is C11H16ClN3O2S. The van der Waals surface area contributed by atoms with Crippen LogP contribution in [0.3, 0.4) is 0 Å². The molecule has 0 aliphatic heterocycles.